The summed E-state index contributed by atoms with van der Waals surface area (Å²) in [6.07, 6.45) is 1.81. The van der Waals surface area contributed by atoms with E-state index in [1.807, 2.05) is 12.1 Å². The molecule has 0 atom stereocenters. The number of sulfonamides is 1. The van der Waals surface area contributed by atoms with Gasteiger partial charge in [-0.25, -0.2) is 22.3 Å². The fraction of sp³-hybridized carbons (Fsp3) is 0.333. The molecule has 0 saturated carbocycles. The smallest absolute Gasteiger partial charge is 0.346 e. The maximum atomic E-state index is 12.8. The van der Waals surface area contributed by atoms with Crippen LogP contribution in [0, 0.1) is 0 Å². The predicted octanol–water partition coefficient (Wildman–Crippen LogP) is 2.08. The molecule has 2 N–H and O–H groups in total. The van der Waals surface area contributed by atoms with Crippen molar-refractivity contribution in [1.29, 1.82) is 0 Å². The van der Waals surface area contributed by atoms with Gasteiger partial charge in [0.25, 0.3) is 0 Å². The average molecular weight is 530 g/mol. The monoisotopic (exact) mass is 529 g/mol. The van der Waals surface area contributed by atoms with E-state index in [1.165, 1.54) is 31.2 Å². The number of aromatic nitrogens is 3. The van der Waals surface area contributed by atoms with Crippen molar-refractivity contribution in [2.45, 2.75) is 18.0 Å². The summed E-state index contributed by atoms with van der Waals surface area (Å²) in [7, 11) is -3.54. The molecule has 1 aliphatic rings. The van der Waals surface area contributed by atoms with E-state index in [-0.39, 0.29) is 41.7 Å². The number of thiophene rings is 1. The Morgan fingerprint density at radius 2 is 1.88 bits per heavy atom. The molecule has 184 valence electrons. The van der Waals surface area contributed by atoms with Gasteiger partial charge in [-0.3, -0.25) is 4.57 Å². The van der Waals surface area contributed by atoms with Gasteiger partial charge in [0.15, 0.2) is 0 Å². The first kappa shape index (κ1) is 26.3. The van der Waals surface area contributed by atoms with Crippen LogP contribution in [0.4, 0.5) is 4.39 Å². The van der Waals surface area contributed by atoms with E-state index < -0.39 is 10.0 Å². The molecule has 0 unspecified atom stereocenters. The van der Waals surface area contributed by atoms with E-state index >= 15 is 0 Å². The fourth-order valence-corrected chi connectivity index (χ4v) is 5.86. The minimum Gasteiger partial charge on any atom is -0.379 e. The zero-order valence-electron chi connectivity index (χ0n) is 18.2. The van der Waals surface area contributed by atoms with Crippen molar-refractivity contribution >= 4 is 33.8 Å². The lowest BCUT2D eigenvalue weighted by atomic mass is 10.2. The number of benzene rings is 1. The molecule has 0 spiro atoms. The molecule has 1 saturated heterocycles. The van der Waals surface area contributed by atoms with Gasteiger partial charge in [0.1, 0.15) is 6.33 Å². The molecule has 0 radical (unpaired) electrons. The number of nitrogens with zero attached hydrogens (tertiary/aromatic N) is 4. The van der Waals surface area contributed by atoms with Crippen molar-refractivity contribution in [3.8, 4) is 10.4 Å². The molecule has 0 aliphatic carbocycles. The Morgan fingerprint density at radius 3 is 2.53 bits per heavy atom. The Balaban J connectivity index is 0.00000324. The molecule has 0 bridgehead atoms. The van der Waals surface area contributed by atoms with Gasteiger partial charge in [-0.05, 0) is 35.4 Å². The van der Waals surface area contributed by atoms with E-state index in [1.54, 1.807) is 24.3 Å². The SMILES string of the molecule is Cl.NC/C(=C\F)Cn1ncn(Cc2ccc(-c3ccc(S(=O)(=O)N4CCOCC4)cc3)s2)c1=O. The predicted molar refractivity (Wildman–Crippen MR) is 130 cm³/mol. The van der Waals surface area contributed by atoms with Crippen LogP contribution >= 0.6 is 23.7 Å². The molecule has 4 rings (SSSR count). The molecule has 34 heavy (non-hydrogen) atoms. The van der Waals surface area contributed by atoms with E-state index in [2.05, 4.69) is 5.10 Å². The number of morpholine rings is 1. The summed E-state index contributed by atoms with van der Waals surface area (Å²) in [6, 6.07) is 10.6. The van der Waals surface area contributed by atoms with Crippen LogP contribution in [0.25, 0.3) is 10.4 Å². The maximum absolute atomic E-state index is 12.8. The van der Waals surface area contributed by atoms with Gasteiger partial charge >= 0.3 is 5.69 Å². The third kappa shape index (κ3) is 5.65. The molecule has 1 aliphatic heterocycles. The summed E-state index contributed by atoms with van der Waals surface area (Å²) < 4.78 is 47.6. The van der Waals surface area contributed by atoms with Crippen molar-refractivity contribution in [2.24, 2.45) is 5.73 Å². The molecule has 13 heteroatoms. The van der Waals surface area contributed by atoms with Gasteiger partial charge < -0.3 is 10.5 Å². The van der Waals surface area contributed by atoms with Gasteiger partial charge in [-0.1, -0.05) is 12.1 Å². The summed E-state index contributed by atoms with van der Waals surface area (Å²) in [6.45, 7) is 1.85. The van der Waals surface area contributed by atoms with E-state index in [9.17, 15) is 17.6 Å². The van der Waals surface area contributed by atoms with E-state index in [4.69, 9.17) is 10.5 Å². The standard InChI is InChI=1S/C21H24FN5O4S2.ClH/c22-11-16(12-23)13-27-21(28)25(15-24-27)14-18-3-6-20(32-18)17-1-4-19(5-2-17)33(29,30)26-7-9-31-10-8-26;/h1-6,11,15H,7-10,12-14,23H2;1H/b16-11+;. The van der Waals surface area contributed by atoms with Crippen molar-refractivity contribution in [3.05, 3.63) is 70.0 Å². The molecule has 3 heterocycles. The minimum absolute atomic E-state index is 0. The zero-order valence-corrected chi connectivity index (χ0v) is 20.6. The summed E-state index contributed by atoms with van der Waals surface area (Å²) >= 11 is 1.50. The number of rotatable bonds is 8. The molecule has 3 aromatic rings. The zero-order chi connectivity index (χ0) is 23.4. The van der Waals surface area contributed by atoms with Crippen LogP contribution in [-0.4, -0.2) is 59.9 Å². The third-order valence-electron chi connectivity index (χ3n) is 5.30. The second-order valence-electron chi connectivity index (χ2n) is 7.48. The topological polar surface area (TPSA) is 112 Å². The lowest BCUT2D eigenvalue weighted by molar-refractivity contribution is 0.0730. The molecule has 1 fully saturated rings. The molecule has 9 nitrogen and oxygen atoms in total. The van der Waals surface area contributed by atoms with Crippen LogP contribution in [0.1, 0.15) is 4.88 Å². The quantitative estimate of drug-likeness (QED) is 0.478. The Morgan fingerprint density at radius 1 is 1.18 bits per heavy atom. The third-order valence-corrected chi connectivity index (χ3v) is 8.33. The first-order valence-corrected chi connectivity index (χ1v) is 12.6. The molecule has 1 aromatic carbocycles. The van der Waals surface area contributed by atoms with Crippen molar-refractivity contribution in [1.82, 2.24) is 18.7 Å². The van der Waals surface area contributed by atoms with Gasteiger partial charge in [-0.2, -0.15) is 9.40 Å². The Bertz CT molecular complexity index is 1300. The van der Waals surface area contributed by atoms with Crippen LogP contribution in [0.2, 0.25) is 0 Å². The Hall–Kier alpha value is -2.35. The van der Waals surface area contributed by atoms with Crippen LogP contribution in [0.3, 0.4) is 0 Å². The highest BCUT2D eigenvalue weighted by Gasteiger charge is 2.26. The van der Waals surface area contributed by atoms with Gasteiger partial charge in [0.05, 0.1) is 37.5 Å². The first-order chi connectivity index (χ1) is 15.9. The van der Waals surface area contributed by atoms with Gasteiger partial charge in [-0.15, -0.1) is 23.7 Å². The highest BCUT2D eigenvalue weighted by Crippen LogP contribution is 2.30. The lowest BCUT2D eigenvalue weighted by Gasteiger charge is -2.26. The summed E-state index contributed by atoms with van der Waals surface area (Å²) in [4.78, 5) is 14.6. The second kappa shape index (κ2) is 11.4. The van der Waals surface area contributed by atoms with Crippen molar-refractivity contribution in [2.75, 3.05) is 32.8 Å². The molecule has 0 amide bonds. The van der Waals surface area contributed by atoms with Crippen molar-refractivity contribution in [3.63, 3.8) is 0 Å². The maximum Gasteiger partial charge on any atom is 0.346 e. The highest BCUT2D eigenvalue weighted by molar-refractivity contribution is 7.89. The molecular weight excluding hydrogens is 505 g/mol. The normalized spacial score (nSPS) is 15.3. The summed E-state index contributed by atoms with van der Waals surface area (Å²) in [5.41, 5.74) is 6.25. The van der Waals surface area contributed by atoms with Crippen LogP contribution in [-0.2, 0) is 27.8 Å². The second-order valence-corrected chi connectivity index (χ2v) is 10.6. The van der Waals surface area contributed by atoms with E-state index in [0.717, 1.165) is 15.3 Å². The van der Waals surface area contributed by atoms with Crippen LogP contribution in [0.5, 0.6) is 0 Å². The molecule has 2 aromatic heterocycles. The number of nitrogens with two attached hydrogens (primary N) is 1. The van der Waals surface area contributed by atoms with Crippen LogP contribution in [0.15, 0.2) is 64.3 Å². The largest absolute Gasteiger partial charge is 0.379 e. The number of ether oxygens (including phenoxy) is 1. The average Bonchev–Trinajstić information content (AvgIpc) is 3.45. The first-order valence-electron chi connectivity index (χ1n) is 10.3. The molecular formula is C21H25ClFN5O4S2. The highest BCUT2D eigenvalue weighted by atomic mass is 35.5. The Labute approximate surface area is 206 Å². The Kier molecular flexibility index (Phi) is 8.79. The van der Waals surface area contributed by atoms with Gasteiger partial charge in [0.2, 0.25) is 10.0 Å². The van der Waals surface area contributed by atoms with Crippen LogP contribution < -0.4 is 11.4 Å². The fourth-order valence-electron chi connectivity index (χ4n) is 3.44. The number of hydrogen-bond acceptors (Lipinski definition) is 7. The van der Waals surface area contributed by atoms with E-state index in [0.29, 0.717) is 39.2 Å². The minimum atomic E-state index is -3.54. The lowest BCUT2D eigenvalue weighted by Crippen LogP contribution is -2.40. The van der Waals surface area contributed by atoms with Crippen molar-refractivity contribution < 1.29 is 17.5 Å². The number of hydrogen-bond donors (Lipinski definition) is 1. The summed E-state index contributed by atoms with van der Waals surface area (Å²) in [5.74, 6) is 0. The summed E-state index contributed by atoms with van der Waals surface area (Å²) in [5, 5.41) is 4.02. The number of halogens is 2. The van der Waals surface area contributed by atoms with Gasteiger partial charge in [0, 0.05) is 29.4 Å².